The summed E-state index contributed by atoms with van der Waals surface area (Å²) in [6.45, 7) is 7.41. The van der Waals surface area contributed by atoms with Crippen LogP contribution >= 0.6 is 15.9 Å². The molecule has 0 bridgehead atoms. The van der Waals surface area contributed by atoms with Crippen LogP contribution in [0.3, 0.4) is 0 Å². The van der Waals surface area contributed by atoms with Crippen LogP contribution in [0.4, 0.5) is 0 Å². The van der Waals surface area contributed by atoms with E-state index in [1.807, 2.05) is 0 Å². The van der Waals surface area contributed by atoms with Crippen LogP contribution in [0.15, 0.2) is 10.6 Å². The predicted molar refractivity (Wildman–Crippen MR) is 62.6 cm³/mol. The zero-order valence-electron chi connectivity index (χ0n) is 8.36. The average Bonchev–Trinajstić information content (AvgIpc) is 2.11. The van der Waals surface area contributed by atoms with Gasteiger partial charge in [-0.15, -0.1) is 0 Å². The van der Waals surface area contributed by atoms with Crippen molar-refractivity contribution in [3.8, 4) is 0 Å². The second kappa shape index (κ2) is 4.10. The lowest BCUT2D eigenvalue weighted by atomic mass is 10.2. The summed E-state index contributed by atoms with van der Waals surface area (Å²) in [4.78, 5) is 0. The topological polar surface area (TPSA) is 0 Å². The molecule has 0 aromatic carbocycles. The summed E-state index contributed by atoms with van der Waals surface area (Å²) < 4.78 is 1.50. The Morgan fingerprint density at radius 2 is 2.00 bits per heavy atom. The highest BCUT2D eigenvalue weighted by molar-refractivity contribution is 9.11. The molecule has 0 aromatic heterocycles. The standard InChI is InChI=1S/C10H19BrSi/c1-12(2,3)10-8-6-4-5-7-9(10)11/h7,10H,4-6,8H2,1-3H3. The normalized spacial score (nSPS) is 26.3. The maximum Gasteiger partial charge on any atom is 0.0528 e. The molecule has 12 heavy (non-hydrogen) atoms. The van der Waals surface area contributed by atoms with E-state index in [2.05, 4.69) is 41.6 Å². The third kappa shape index (κ3) is 2.73. The summed E-state index contributed by atoms with van der Waals surface area (Å²) in [7, 11) is -0.967. The largest absolute Gasteiger partial charge is 0.0744 e. The van der Waals surface area contributed by atoms with Gasteiger partial charge >= 0.3 is 0 Å². The van der Waals surface area contributed by atoms with Crippen molar-refractivity contribution in [3.05, 3.63) is 10.6 Å². The van der Waals surface area contributed by atoms with Crippen molar-refractivity contribution < 1.29 is 0 Å². The molecule has 0 amide bonds. The number of hydrogen-bond donors (Lipinski definition) is 0. The van der Waals surface area contributed by atoms with E-state index >= 15 is 0 Å². The maximum atomic E-state index is 3.74. The molecule has 0 saturated heterocycles. The summed E-state index contributed by atoms with van der Waals surface area (Å²) in [6, 6.07) is 0. The van der Waals surface area contributed by atoms with E-state index in [4.69, 9.17) is 0 Å². The fourth-order valence-corrected chi connectivity index (χ4v) is 6.39. The van der Waals surface area contributed by atoms with Crippen LogP contribution < -0.4 is 0 Å². The molecule has 70 valence electrons. The van der Waals surface area contributed by atoms with Gasteiger partial charge in [-0.3, -0.25) is 0 Å². The van der Waals surface area contributed by atoms with Crippen molar-refractivity contribution in [2.75, 3.05) is 0 Å². The van der Waals surface area contributed by atoms with Gasteiger partial charge in [0.2, 0.25) is 0 Å². The second-order valence-electron chi connectivity index (χ2n) is 4.79. The minimum Gasteiger partial charge on any atom is -0.0744 e. The fraction of sp³-hybridized carbons (Fsp3) is 0.800. The third-order valence-electron chi connectivity index (χ3n) is 2.66. The summed E-state index contributed by atoms with van der Waals surface area (Å²) in [5.41, 5.74) is 0.875. The number of rotatable bonds is 1. The molecule has 0 N–H and O–H groups in total. The van der Waals surface area contributed by atoms with Crippen LogP contribution in [0.1, 0.15) is 25.7 Å². The molecule has 1 aliphatic carbocycles. The Bertz CT molecular complexity index is 179. The van der Waals surface area contributed by atoms with Gasteiger partial charge in [0, 0.05) is 0 Å². The van der Waals surface area contributed by atoms with Gasteiger partial charge in [0.1, 0.15) is 0 Å². The van der Waals surface area contributed by atoms with Crippen molar-refractivity contribution in [1.29, 1.82) is 0 Å². The molecule has 2 heteroatoms. The lowest BCUT2D eigenvalue weighted by molar-refractivity contribution is 0.706. The first kappa shape index (κ1) is 10.5. The average molecular weight is 247 g/mol. The van der Waals surface area contributed by atoms with Gasteiger partial charge in [-0.25, -0.2) is 0 Å². The van der Waals surface area contributed by atoms with Gasteiger partial charge in [0.05, 0.1) is 8.07 Å². The molecule has 0 heterocycles. The van der Waals surface area contributed by atoms with E-state index in [1.165, 1.54) is 30.2 Å². The Morgan fingerprint density at radius 3 is 2.58 bits per heavy atom. The van der Waals surface area contributed by atoms with Gasteiger partial charge < -0.3 is 0 Å². The molecule has 1 rings (SSSR count). The molecule has 0 aromatic rings. The smallest absolute Gasteiger partial charge is 0.0528 e. The number of halogens is 1. The molecule has 0 fully saturated rings. The molecule has 0 spiro atoms. The van der Waals surface area contributed by atoms with E-state index in [-0.39, 0.29) is 0 Å². The van der Waals surface area contributed by atoms with Gasteiger partial charge in [-0.2, -0.15) is 0 Å². The monoisotopic (exact) mass is 246 g/mol. The highest BCUT2D eigenvalue weighted by Gasteiger charge is 2.28. The molecule has 0 aliphatic heterocycles. The van der Waals surface area contributed by atoms with E-state index in [0.717, 1.165) is 5.54 Å². The van der Waals surface area contributed by atoms with Gasteiger partial charge in [0.15, 0.2) is 0 Å². The van der Waals surface area contributed by atoms with Crippen LogP contribution in [0.2, 0.25) is 25.2 Å². The predicted octanol–water partition coefficient (Wildman–Crippen LogP) is 4.55. The first-order valence-electron chi connectivity index (χ1n) is 4.87. The first-order valence-corrected chi connectivity index (χ1v) is 9.24. The van der Waals surface area contributed by atoms with Crippen molar-refractivity contribution >= 4 is 24.0 Å². The van der Waals surface area contributed by atoms with E-state index < -0.39 is 8.07 Å². The Morgan fingerprint density at radius 1 is 1.33 bits per heavy atom. The molecular formula is C10H19BrSi. The summed E-state index contributed by atoms with van der Waals surface area (Å²) in [5, 5.41) is 0. The van der Waals surface area contributed by atoms with Crippen molar-refractivity contribution in [1.82, 2.24) is 0 Å². The maximum absolute atomic E-state index is 3.74. The van der Waals surface area contributed by atoms with E-state index in [9.17, 15) is 0 Å². The zero-order chi connectivity index (χ0) is 9.19. The summed E-state index contributed by atoms with van der Waals surface area (Å²) >= 11 is 3.74. The highest BCUT2D eigenvalue weighted by atomic mass is 79.9. The Labute approximate surface area is 85.6 Å². The summed E-state index contributed by atoms with van der Waals surface area (Å²) in [5.74, 6) is 0. The SMILES string of the molecule is C[Si](C)(C)C1CCCCC=C1Br. The molecule has 1 atom stereocenters. The molecule has 0 radical (unpaired) electrons. The molecule has 1 unspecified atom stereocenters. The van der Waals surface area contributed by atoms with Crippen molar-refractivity contribution in [3.63, 3.8) is 0 Å². The van der Waals surface area contributed by atoms with Crippen molar-refractivity contribution in [2.45, 2.75) is 50.9 Å². The highest BCUT2D eigenvalue weighted by Crippen LogP contribution is 2.40. The van der Waals surface area contributed by atoms with Crippen LogP contribution in [-0.2, 0) is 0 Å². The van der Waals surface area contributed by atoms with E-state index in [1.54, 1.807) is 0 Å². The zero-order valence-corrected chi connectivity index (χ0v) is 10.9. The molecule has 0 saturated carbocycles. The summed E-state index contributed by atoms with van der Waals surface area (Å²) in [6.07, 6.45) is 7.89. The third-order valence-corrected chi connectivity index (χ3v) is 6.65. The lowest BCUT2D eigenvalue weighted by Gasteiger charge is -2.28. The van der Waals surface area contributed by atoms with Gasteiger partial charge in [-0.05, 0) is 29.3 Å². The van der Waals surface area contributed by atoms with Crippen molar-refractivity contribution in [2.24, 2.45) is 0 Å². The van der Waals surface area contributed by atoms with Crippen LogP contribution in [0.5, 0.6) is 0 Å². The van der Waals surface area contributed by atoms with E-state index in [0.29, 0.717) is 0 Å². The fourth-order valence-electron chi connectivity index (χ4n) is 1.86. The van der Waals surface area contributed by atoms with Crippen LogP contribution in [0, 0.1) is 0 Å². The van der Waals surface area contributed by atoms with Gasteiger partial charge in [-0.1, -0.05) is 48.1 Å². The molecule has 0 nitrogen and oxygen atoms in total. The Kier molecular flexibility index (Phi) is 3.59. The Hall–Kier alpha value is 0.437. The minimum absolute atomic E-state index is 0.875. The molecular weight excluding hydrogens is 228 g/mol. The molecule has 1 aliphatic rings. The first-order chi connectivity index (χ1) is 5.52. The quantitative estimate of drug-likeness (QED) is 0.596. The van der Waals surface area contributed by atoms with Crippen LogP contribution in [0.25, 0.3) is 0 Å². The lowest BCUT2D eigenvalue weighted by Crippen LogP contribution is -2.28. The number of allylic oxidation sites excluding steroid dienone is 2. The van der Waals surface area contributed by atoms with Gasteiger partial charge in [0.25, 0.3) is 0 Å². The Balaban J connectivity index is 2.73. The van der Waals surface area contributed by atoms with Crippen LogP contribution in [-0.4, -0.2) is 8.07 Å². The number of hydrogen-bond acceptors (Lipinski definition) is 0. The minimum atomic E-state index is -0.967. The second-order valence-corrected chi connectivity index (χ2v) is 11.1.